The maximum atomic E-state index is 13.7. The average Bonchev–Trinajstić information content (AvgIpc) is 3.59. The van der Waals surface area contributed by atoms with Gasteiger partial charge in [0.25, 0.3) is 5.91 Å². The maximum absolute atomic E-state index is 13.7. The largest absolute Gasteiger partial charge is 0.338 e. The second-order valence-corrected chi connectivity index (χ2v) is 10.8. The van der Waals surface area contributed by atoms with Gasteiger partial charge in [-0.05, 0) is 77.9 Å². The van der Waals surface area contributed by atoms with Gasteiger partial charge in [-0.25, -0.2) is 0 Å². The Bertz CT molecular complexity index is 1280. The normalized spacial score (nSPS) is 21.5. The third-order valence-electron chi connectivity index (χ3n) is 7.91. The number of rotatable bonds is 5. The molecule has 0 aliphatic carbocycles. The van der Waals surface area contributed by atoms with Gasteiger partial charge in [0.2, 0.25) is 0 Å². The van der Waals surface area contributed by atoms with Crippen LogP contribution < -0.4 is 0 Å². The highest BCUT2D eigenvalue weighted by molar-refractivity contribution is 7.08. The zero-order valence-corrected chi connectivity index (χ0v) is 20.7. The fourth-order valence-corrected chi connectivity index (χ4v) is 6.76. The van der Waals surface area contributed by atoms with Gasteiger partial charge in [0.05, 0.1) is 11.1 Å². The third-order valence-corrected chi connectivity index (χ3v) is 8.62. The van der Waals surface area contributed by atoms with Gasteiger partial charge in [-0.1, -0.05) is 48.5 Å². The van der Waals surface area contributed by atoms with E-state index in [1.165, 1.54) is 24.0 Å². The first-order chi connectivity index (χ1) is 17.3. The Hall–Kier alpha value is -3.02. The topological polar surface area (TPSA) is 36.4 Å². The number of benzene rings is 2. The summed E-state index contributed by atoms with van der Waals surface area (Å²) in [5.41, 5.74) is 4.38. The van der Waals surface area contributed by atoms with Crippen molar-refractivity contribution in [3.8, 4) is 0 Å². The standard InChI is InChI=1S/C30H31N3OS/c34-30(27-10-4-8-24-9-5-14-31-29(24)27)33-19-26(28(20-33)25-13-17-35-21-25)18-32-15-11-23(12-16-32)22-6-2-1-3-7-22/h1-10,13-14,17,21,23,26,28H,11-12,15-16,18-20H2. The molecule has 2 atom stereocenters. The third kappa shape index (κ3) is 4.63. The molecule has 2 saturated heterocycles. The summed E-state index contributed by atoms with van der Waals surface area (Å²) in [7, 11) is 0. The predicted molar refractivity (Wildman–Crippen MR) is 143 cm³/mol. The van der Waals surface area contributed by atoms with Crippen LogP contribution in [0.15, 0.2) is 83.7 Å². The second-order valence-electron chi connectivity index (χ2n) is 10.00. The van der Waals surface area contributed by atoms with Crippen molar-refractivity contribution in [3.63, 3.8) is 0 Å². The number of amides is 1. The summed E-state index contributed by atoms with van der Waals surface area (Å²) in [4.78, 5) is 22.9. The van der Waals surface area contributed by atoms with Crippen molar-refractivity contribution in [1.82, 2.24) is 14.8 Å². The van der Waals surface area contributed by atoms with E-state index in [0.717, 1.165) is 49.2 Å². The molecular weight excluding hydrogens is 450 g/mol. The number of hydrogen-bond acceptors (Lipinski definition) is 4. The van der Waals surface area contributed by atoms with Gasteiger partial charge in [0, 0.05) is 37.1 Å². The zero-order chi connectivity index (χ0) is 23.6. The lowest BCUT2D eigenvalue weighted by Gasteiger charge is -2.34. The fraction of sp³-hybridized carbons (Fsp3) is 0.333. The number of piperidine rings is 1. The minimum atomic E-state index is 0.111. The monoisotopic (exact) mass is 481 g/mol. The van der Waals surface area contributed by atoms with Crippen LogP contribution in [0.5, 0.6) is 0 Å². The Kier molecular flexibility index (Phi) is 6.36. The first-order valence-corrected chi connectivity index (χ1v) is 13.6. The predicted octanol–water partition coefficient (Wildman–Crippen LogP) is 6.03. The van der Waals surface area contributed by atoms with Gasteiger partial charge < -0.3 is 9.80 Å². The molecule has 2 fully saturated rings. The van der Waals surface area contributed by atoms with Crippen LogP contribution in [0.1, 0.15) is 46.2 Å². The summed E-state index contributed by atoms with van der Waals surface area (Å²) in [5.74, 6) is 1.62. The van der Waals surface area contributed by atoms with Crippen LogP contribution in [0.3, 0.4) is 0 Å². The zero-order valence-electron chi connectivity index (χ0n) is 19.9. The van der Waals surface area contributed by atoms with Crippen molar-refractivity contribution >= 4 is 28.1 Å². The van der Waals surface area contributed by atoms with Gasteiger partial charge in [0.15, 0.2) is 0 Å². The molecule has 2 unspecified atom stereocenters. The molecule has 0 saturated carbocycles. The van der Waals surface area contributed by atoms with Gasteiger partial charge in [-0.2, -0.15) is 11.3 Å². The number of thiophene rings is 1. The van der Waals surface area contributed by atoms with E-state index in [9.17, 15) is 4.79 Å². The van der Waals surface area contributed by atoms with E-state index in [-0.39, 0.29) is 5.91 Å². The molecule has 0 N–H and O–H groups in total. The number of aromatic nitrogens is 1. The van der Waals surface area contributed by atoms with Crippen molar-refractivity contribution in [2.24, 2.45) is 5.92 Å². The van der Waals surface area contributed by atoms with Crippen LogP contribution in [0.25, 0.3) is 10.9 Å². The van der Waals surface area contributed by atoms with Gasteiger partial charge in [-0.15, -0.1) is 0 Å². The SMILES string of the molecule is O=C(c1cccc2cccnc12)N1CC(CN2CCC(c3ccccc3)CC2)C(c2ccsc2)C1. The Morgan fingerprint density at radius 3 is 2.54 bits per heavy atom. The molecule has 2 aromatic heterocycles. The van der Waals surface area contributed by atoms with E-state index in [4.69, 9.17) is 0 Å². The second kappa shape index (κ2) is 9.92. The summed E-state index contributed by atoms with van der Waals surface area (Å²) >= 11 is 1.75. The lowest BCUT2D eigenvalue weighted by Crippen LogP contribution is -2.38. The van der Waals surface area contributed by atoms with E-state index >= 15 is 0 Å². The van der Waals surface area contributed by atoms with Gasteiger partial charge >= 0.3 is 0 Å². The van der Waals surface area contributed by atoms with Crippen molar-refractivity contribution in [2.45, 2.75) is 24.7 Å². The summed E-state index contributed by atoms with van der Waals surface area (Å²) in [6.07, 6.45) is 4.20. The maximum Gasteiger partial charge on any atom is 0.256 e. The smallest absolute Gasteiger partial charge is 0.256 e. The van der Waals surface area contributed by atoms with Crippen LogP contribution in [-0.4, -0.2) is 53.4 Å². The van der Waals surface area contributed by atoms with Crippen molar-refractivity contribution in [3.05, 3.63) is 100 Å². The molecule has 0 spiro atoms. The van der Waals surface area contributed by atoms with Crippen molar-refractivity contribution < 1.29 is 4.79 Å². The van der Waals surface area contributed by atoms with Crippen molar-refractivity contribution in [2.75, 3.05) is 32.7 Å². The minimum Gasteiger partial charge on any atom is -0.338 e. The number of hydrogen-bond donors (Lipinski definition) is 0. The van der Waals surface area contributed by atoms with E-state index < -0.39 is 0 Å². The number of fused-ring (bicyclic) bond motifs is 1. The summed E-state index contributed by atoms with van der Waals surface area (Å²) in [6.45, 7) is 4.91. The number of likely N-dealkylation sites (tertiary alicyclic amines) is 2. The highest BCUT2D eigenvalue weighted by atomic mass is 32.1. The van der Waals surface area contributed by atoms with Crippen LogP contribution in [0.2, 0.25) is 0 Å². The van der Waals surface area contributed by atoms with E-state index in [1.807, 2.05) is 30.3 Å². The first-order valence-electron chi connectivity index (χ1n) is 12.7. The molecule has 2 aromatic carbocycles. The number of carbonyl (C=O) groups is 1. The molecule has 35 heavy (non-hydrogen) atoms. The van der Waals surface area contributed by atoms with Crippen molar-refractivity contribution in [1.29, 1.82) is 0 Å². The molecule has 6 rings (SSSR count). The molecule has 0 bridgehead atoms. The van der Waals surface area contributed by atoms with Crippen LogP contribution >= 0.6 is 11.3 Å². The average molecular weight is 482 g/mol. The molecule has 178 valence electrons. The Balaban J connectivity index is 1.18. The fourth-order valence-electron chi connectivity index (χ4n) is 6.04. The number of nitrogens with zero attached hydrogens (tertiary/aromatic N) is 3. The first kappa shape index (κ1) is 22.4. The summed E-state index contributed by atoms with van der Waals surface area (Å²) in [5, 5.41) is 5.45. The van der Waals surface area contributed by atoms with E-state index in [1.54, 1.807) is 17.5 Å². The van der Waals surface area contributed by atoms with Gasteiger partial charge in [0.1, 0.15) is 0 Å². The molecule has 2 aliphatic rings. The molecule has 1 amide bonds. The molecule has 4 heterocycles. The summed E-state index contributed by atoms with van der Waals surface area (Å²) < 4.78 is 0. The lowest BCUT2D eigenvalue weighted by molar-refractivity contribution is 0.0783. The Labute approximate surface area is 211 Å². The molecule has 0 radical (unpaired) electrons. The molecule has 2 aliphatic heterocycles. The molecule has 5 heteroatoms. The quantitative estimate of drug-likeness (QED) is 0.349. The summed E-state index contributed by atoms with van der Waals surface area (Å²) in [6, 6.07) is 23.1. The highest BCUT2D eigenvalue weighted by Gasteiger charge is 2.38. The number of para-hydroxylation sites is 1. The minimum absolute atomic E-state index is 0.111. The molecule has 4 aromatic rings. The van der Waals surface area contributed by atoms with Crippen LogP contribution in [0.4, 0.5) is 0 Å². The lowest BCUT2D eigenvalue weighted by atomic mass is 9.87. The van der Waals surface area contributed by atoms with E-state index in [2.05, 4.69) is 61.9 Å². The number of carbonyl (C=O) groups excluding carboxylic acids is 1. The van der Waals surface area contributed by atoms with Gasteiger partial charge in [-0.3, -0.25) is 9.78 Å². The molecule has 4 nitrogen and oxygen atoms in total. The number of pyridine rings is 1. The van der Waals surface area contributed by atoms with Crippen LogP contribution in [0, 0.1) is 5.92 Å². The Morgan fingerprint density at radius 1 is 0.914 bits per heavy atom. The van der Waals surface area contributed by atoms with Crippen LogP contribution in [-0.2, 0) is 0 Å². The Morgan fingerprint density at radius 2 is 1.74 bits per heavy atom. The molecular formula is C30H31N3OS. The highest BCUT2D eigenvalue weighted by Crippen LogP contribution is 2.37. The van der Waals surface area contributed by atoms with E-state index in [0.29, 0.717) is 17.8 Å².